The van der Waals surface area contributed by atoms with Crippen molar-refractivity contribution in [3.63, 3.8) is 0 Å². The Balaban J connectivity index is 1.75. The van der Waals surface area contributed by atoms with Gasteiger partial charge in [0, 0.05) is 10.2 Å². The number of halogens is 1. The van der Waals surface area contributed by atoms with Crippen LogP contribution in [0.15, 0.2) is 46.9 Å². The minimum Gasteiger partial charge on any atom is -0.482 e. The molecule has 1 N–H and O–H groups in total. The minimum atomic E-state index is -0.606. The molecule has 2 aromatic rings. The van der Waals surface area contributed by atoms with E-state index in [1.807, 2.05) is 38.1 Å². The van der Waals surface area contributed by atoms with E-state index in [1.165, 1.54) is 0 Å². The number of benzene rings is 2. The second kappa shape index (κ2) is 8.49. The zero-order valence-electron chi connectivity index (χ0n) is 13.5. The van der Waals surface area contributed by atoms with Crippen LogP contribution in [0.25, 0.3) is 0 Å². The maximum atomic E-state index is 11.8. The Morgan fingerprint density at radius 2 is 1.75 bits per heavy atom. The largest absolute Gasteiger partial charge is 0.482 e. The number of amides is 1. The first-order valence-electron chi connectivity index (χ1n) is 7.34. The number of rotatable bonds is 6. The van der Waals surface area contributed by atoms with Crippen LogP contribution in [0.1, 0.15) is 11.1 Å². The molecule has 0 unspecified atom stereocenters. The summed E-state index contributed by atoms with van der Waals surface area (Å²) in [5.41, 5.74) is 2.77. The summed E-state index contributed by atoms with van der Waals surface area (Å²) in [7, 11) is 0. The van der Waals surface area contributed by atoms with Crippen molar-refractivity contribution in [2.24, 2.45) is 0 Å². The summed E-state index contributed by atoms with van der Waals surface area (Å²) < 4.78 is 11.0. The van der Waals surface area contributed by atoms with Gasteiger partial charge >= 0.3 is 5.97 Å². The fourth-order valence-electron chi connectivity index (χ4n) is 2.13. The van der Waals surface area contributed by atoms with E-state index < -0.39 is 11.9 Å². The van der Waals surface area contributed by atoms with Crippen LogP contribution >= 0.6 is 15.9 Å². The zero-order chi connectivity index (χ0) is 17.5. The van der Waals surface area contributed by atoms with E-state index in [2.05, 4.69) is 21.2 Å². The number of ether oxygens (including phenoxy) is 2. The molecule has 0 aromatic heterocycles. The molecule has 1 amide bonds. The lowest BCUT2D eigenvalue weighted by Crippen LogP contribution is -2.23. The lowest BCUT2D eigenvalue weighted by molar-refractivity contribution is -0.149. The monoisotopic (exact) mass is 391 g/mol. The fourth-order valence-corrected chi connectivity index (χ4v) is 2.51. The highest BCUT2D eigenvalue weighted by Crippen LogP contribution is 2.17. The second-order valence-electron chi connectivity index (χ2n) is 5.33. The van der Waals surface area contributed by atoms with Crippen LogP contribution in [0.5, 0.6) is 5.75 Å². The van der Waals surface area contributed by atoms with Crippen LogP contribution in [0.4, 0.5) is 5.69 Å². The summed E-state index contributed by atoms with van der Waals surface area (Å²) in [5.74, 6) is -0.456. The molecular formula is C18H18BrNO4. The molecule has 2 aromatic carbocycles. The first-order chi connectivity index (χ1) is 11.4. The summed E-state index contributed by atoms with van der Waals surface area (Å²) in [4.78, 5) is 23.5. The molecule has 0 atom stereocenters. The molecule has 126 valence electrons. The van der Waals surface area contributed by atoms with E-state index in [9.17, 15) is 9.59 Å². The third-order valence-corrected chi connectivity index (χ3v) is 3.52. The van der Waals surface area contributed by atoms with Crippen LogP contribution in [0.3, 0.4) is 0 Å². The van der Waals surface area contributed by atoms with Gasteiger partial charge in [0.15, 0.2) is 13.2 Å². The number of anilines is 1. The highest BCUT2D eigenvalue weighted by atomic mass is 79.9. The van der Waals surface area contributed by atoms with Gasteiger partial charge in [-0.3, -0.25) is 4.79 Å². The molecule has 0 radical (unpaired) electrons. The van der Waals surface area contributed by atoms with Crippen LogP contribution in [-0.4, -0.2) is 25.1 Å². The SMILES string of the molecule is Cc1cc(C)cc(NC(=O)COC(=O)COc2cccc(Br)c2)c1. The van der Waals surface area contributed by atoms with E-state index in [1.54, 1.807) is 18.2 Å². The molecule has 0 aliphatic rings. The molecule has 2 rings (SSSR count). The van der Waals surface area contributed by atoms with Gasteiger partial charge < -0.3 is 14.8 Å². The molecule has 0 saturated carbocycles. The first kappa shape index (κ1) is 18.0. The lowest BCUT2D eigenvalue weighted by Gasteiger charge is -2.09. The standard InChI is InChI=1S/C18H18BrNO4/c1-12-6-13(2)8-15(7-12)20-17(21)10-24-18(22)11-23-16-5-3-4-14(19)9-16/h3-9H,10-11H2,1-2H3,(H,20,21). The van der Waals surface area contributed by atoms with Crippen molar-refractivity contribution in [1.29, 1.82) is 0 Å². The Morgan fingerprint density at radius 1 is 1.04 bits per heavy atom. The Bertz CT molecular complexity index is 725. The molecule has 0 aliphatic carbocycles. The number of nitrogens with one attached hydrogen (secondary N) is 1. The van der Waals surface area contributed by atoms with Crippen molar-refractivity contribution < 1.29 is 19.1 Å². The summed E-state index contributed by atoms with van der Waals surface area (Å²) in [6.45, 7) is 3.28. The molecule has 5 nitrogen and oxygen atoms in total. The minimum absolute atomic E-state index is 0.257. The van der Waals surface area contributed by atoms with E-state index in [0.29, 0.717) is 11.4 Å². The summed E-state index contributed by atoms with van der Waals surface area (Å²) in [6, 6.07) is 12.8. The van der Waals surface area contributed by atoms with Crippen LogP contribution in [-0.2, 0) is 14.3 Å². The van der Waals surface area contributed by atoms with Crippen LogP contribution in [0, 0.1) is 13.8 Å². The highest BCUT2D eigenvalue weighted by molar-refractivity contribution is 9.10. The maximum Gasteiger partial charge on any atom is 0.344 e. The average molecular weight is 392 g/mol. The van der Waals surface area contributed by atoms with Crippen molar-refractivity contribution in [3.8, 4) is 5.75 Å². The number of carbonyl (C=O) groups excluding carboxylic acids is 2. The average Bonchev–Trinajstić information content (AvgIpc) is 2.50. The number of hydrogen-bond donors (Lipinski definition) is 1. The third-order valence-electron chi connectivity index (χ3n) is 3.02. The number of hydrogen-bond acceptors (Lipinski definition) is 4. The van der Waals surface area contributed by atoms with Gasteiger partial charge in [-0.15, -0.1) is 0 Å². The van der Waals surface area contributed by atoms with Crippen molar-refractivity contribution in [1.82, 2.24) is 0 Å². The lowest BCUT2D eigenvalue weighted by atomic mass is 10.1. The molecular weight excluding hydrogens is 374 g/mol. The van der Waals surface area contributed by atoms with Crippen molar-refractivity contribution in [2.45, 2.75) is 13.8 Å². The van der Waals surface area contributed by atoms with E-state index in [-0.39, 0.29) is 13.2 Å². The van der Waals surface area contributed by atoms with Gasteiger partial charge in [0.25, 0.3) is 5.91 Å². The molecule has 0 heterocycles. The first-order valence-corrected chi connectivity index (χ1v) is 8.14. The summed E-state index contributed by atoms with van der Waals surface area (Å²) in [5, 5.41) is 2.70. The number of carbonyl (C=O) groups is 2. The fraction of sp³-hybridized carbons (Fsp3) is 0.222. The smallest absolute Gasteiger partial charge is 0.344 e. The van der Waals surface area contributed by atoms with E-state index >= 15 is 0 Å². The van der Waals surface area contributed by atoms with Gasteiger partial charge in [0.1, 0.15) is 5.75 Å². The van der Waals surface area contributed by atoms with E-state index in [4.69, 9.17) is 9.47 Å². The van der Waals surface area contributed by atoms with Gasteiger partial charge in [-0.05, 0) is 55.3 Å². The van der Waals surface area contributed by atoms with Crippen molar-refractivity contribution >= 4 is 33.5 Å². The Kier molecular flexibility index (Phi) is 6.37. The molecule has 0 fully saturated rings. The number of esters is 1. The molecule has 24 heavy (non-hydrogen) atoms. The molecule has 0 saturated heterocycles. The number of aryl methyl sites for hydroxylation is 2. The molecule has 0 aliphatic heterocycles. The quantitative estimate of drug-likeness (QED) is 0.763. The predicted molar refractivity (Wildman–Crippen MR) is 95.1 cm³/mol. The van der Waals surface area contributed by atoms with Crippen LogP contribution < -0.4 is 10.1 Å². The second-order valence-corrected chi connectivity index (χ2v) is 6.25. The predicted octanol–water partition coefficient (Wildman–Crippen LogP) is 3.63. The third kappa shape index (κ3) is 6.04. The maximum absolute atomic E-state index is 11.8. The molecule has 0 spiro atoms. The Hall–Kier alpha value is -2.34. The van der Waals surface area contributed by atoms with E-state index in [0.717, 1.165) is 15.6 Å². The normalized spacial score (nSPS) is 10.1. The topological polar surface area (TPSA) is 64.6 Å². The van der Waals surface area contributed by atoms with Crippen LogP contribution in [0.2, 0.25) is 0 Å². The Labute approximate surface area is 149 Å². The van der Waals surface area contributed by atoms with Gasteiger partial charge in [0.2, 0.25) is 0 Å². The van der Waals surface area contributed by atoms with Gasteiger partial charge in [-0.2, -0.15) is 0 Å². The Morgan fingerprint density at radius 3 is 2.42 bits per heavy atom. The van der Waals surface area contributed by atoms with Crippen molar-refractivity contribution in [2.75, 3.05) is 18.5 Å². The van der Waals surface area contributed by atoms with Gasteiger partial charge in [-0.25, -0.2) is 4.79 Å². The zero-order valence-corrected chi connectivity index (χ0v) is 15.1. The highest BCUT2D eigenvalue weighted by Gasteiger charge is 2.09. The van der Waals surface area contributed by atoms with Crippen molar-refractivity contribution in [3.05, 3.63) is 58.1 Å². The molecule has 0 bridgehead atoms. The van der Waals surface area contributed by atoms with Gasteiger partial charge in [0.05, 0.1) is 0 Å². The summed E-state index contributed by atoms with van der Waals surface area (Å²) >= 11 is 3.31. The van der Waals surface area contributed by atoms with Gasteiger partial charge in [-0.1, -0.05) is 28.1 Å². The molecule has 6 heteroatoms. The summed E-state index contributed by atoms with van der Waals surface area (Å²) in [6.07, 6.45) is 0.